The average molecular weight is 532 g/mol. The highest BCUT2D eigenvalue weighted by atomic mass is 32.1. The van der Waals surface area contributed by atoms with E-state index in [0.717, 1.165) is 70.3 Å². The predicted molar refractivity (Wildman–Crippen MR) is 150 cm³/mol. The van der Waals surface area contributed by atoms with Gasteiger partial charge in [0.1, 0.15) is 0 Å². The molecule has 2 aliphatic heterocycles. The number of carbonyl (C=O) groups excluding carboxylic acids is 1. The molecule has 198 valence electrons. The van der Waals surface area contributed by atoms with Crippen molar-refractivity contribution in [1.82, 2.24) is 29.5 Å². The molecule has 0 spiro atoms. The Morgan fingerprint density at radius 3 is 2.66 bits per heavy atom. The fraction of sp³-hybridized carbons (Fsp3) is 0.429. The molecule has 3 aromatic heterocycles. The van der Waals surface area contributed by atoms with E-state index in [1.54, 1.807) is 4.68 Å². The Kier molecular flexibility index (Phi) is 6.63. The number of anilines is 1. The van der Waals surface area contributed by atoms with Crippen LogP contribution in [0.15, 0.2) is 36.5 Å². The number of likely N-dealkylation sites (N-methyl/N-ethyl adjacent to an activating group) is 1. The standard InChI is InChI=1S/C28H33N7O2S/c1-18-6-5-7-20(16-18)22-9-11-35(31-22)28-29-23-19(2)24(27(36)34-10-8-21(17-34)32(3)4)38-25(23)26(30-28)33-12-14-37-15-13-33/h5-7,9,11,16,21H,8,10,12-15,17H2,1-4H3/t21-/m1/s1. The molecule has 2 fully saturated rings. The Morgan fingerprint density at radius 2 is 1.92 bits per heavy atom. The maximum Gasteiger partial charge on any atom is 0.264 e. The molecule has 0 aliphatic carbocycles. The van der Waals surface area contributed by atoms with Crippen LogP contribution in [0.25, 0.3) is 27.4 Å². The number of thiophene rings is 1. The molecule has 4 aromatic rings. The number of aromatic nitrogens is 4. The Balaban J connectivity index is 1.42. The van der Waals surface area contributed by atoms with Crippen molar-refractivity contribution in [3.8, 4) is 17.2 Å². The van der Waals surface area contributed by atoms with Crippen molar-refractivity contribution >= 4 is 33.3 Å². The molecule has 0 bridgehead atoms. The van der Waals surface area contributed by atoms with Crippen LogP contribution >= 0.6 is 11.3 Å². The van der Waals surface area contributed by atoms with Gasteiger partial charge in [0.25, 0.3) is 11.9 Å². The van der Waals surface area contributed by atoms with Crippen molar-refractivity contribution < 1.29 is 9.53 Å². The Morgan fingerprint density at radius 1 is 1.11 bits per heavy atom. The maximum absolute atomic E-state index is 13.7. The van der Waals surface area contributed by atoms with Crippen molar-refractivity contribution in [2.45, 2.75) is 26.3 Å². The van der Waals surface area contributed by atoms with Crippen LogP contribution in [0.3, 0.4) is 0 Å². The second-order valence-electron chi connectivity index (χ2n) is 10.4. The number of ether oxygens (including phenoxy) is 1. The summed E-state index contributed by atoms with van der Waals surface area (Å²) in [5.74, 6) is 1.44. The highest BCUT2D eigenvalue weighted by Crippen LogP contribution is 2.37. The molecular formula is C28H33N7O2S. The maximum atomic E-state index is 13.7. The molecule has 38 heavy (non-hydrogen) atoms. The summed E-state index contributed by atoms with van der Waals surface area (Å²) in [4.78, 5) is 30.8. The van der Waals surface area contributed by atoms with E-state index < -0.39 is 0 Å². The van der Waals surface area contributed by atoms with E-state index >= 15 is 0 Å². The molecule has 1 aromatic carbocycles. The summed E-state index contributed by atoms with van der Waals surface area (Å²) in [6.45, 7) is 8.40. The van der Waals surface area contributed by atoms with Gasteiger partial charge in [-0.15, -0.1) is 11.3 Å². The van der Waals surface area contributed by atoms with Gasteiger partial charge in [-0.3, -0.25) is 4.79 Å². The minimum Gasteiger partial charge on any atom is -0.378 e. The first kappa shape index (κ1) is 25.0. The summed E-state index contributed by atoms with van der Waals surface area (Å²) in [7, 11) is 4.16. The minimum absolute atomic E-state index is 0.0881. The zero-order chi connectivity index (χ0) is 26.4. The predicted octanol–water partition coefficient (Wildman–Crippen LogP) is 3.77. The molecular weight excluding hydrogens is 498 g/mol. The van der Waals surface area contributed by atoms with Gasteiger partial charge in [-0.1, -0.05) is 23.8 Å². The Labute approximate surface area is 226 Å². The number of morpholine rings is 1. The molecule has 0 saturated carbocycles. The molecule has 2 saturated heterocycles. The molecule has 1 atom stereocenters. The molecule has 9 nitrogen and oxygen atoms in total. The summed E-state index contributed by atoms with van der Waals surface area (Å²) in [6, 6.07) is 10.7. The number of benzene rings is 1. The van der Waals surface area contributed by atoms with Crippen LogP contribution in [0.4, 0.5) is 5.82 Å². The number of rotatable bonds is 5. The van der Waals surface area contributed by atoms with Gasteiger partial charge in [-0.25, -0.2) is 9.67 Å². The number of likely N-dealkylation sites (tertiary alicyclic amines) is 1. The first-order chi connectivity index (χ1) is 18.4. The van der Waals surface area contributed by atoms with Gasteiger partial charge in [0.05, 0.1) is 34.0 Å². The van der Waals surface area contributed by atoms with Crippen LogP contribution < -0.4 is 4.90 Å². The van der Waals surface area contributed by atoms with E-state index in [1.807, 2.05) is 30.2 Å². The van der Waals surface area contributed by atoms with Gasteiger partial charge >= 0.3 is 0 Å². The van der Waals surface area contributed by atoms with E-state index in [0.29, 0.717) is 25.2 Å². The number of amides is 1. The fourth-order valence-electron chi connectivity index (χ4n) is 5.24. The molecule has 5 heterocycles. The number of hydrogen-bond acceptors (Lipinski definition) is 8. The third-order valence-electron chi connectivity index (χ3n) is 7.53. The number of aryl methyl sites for hydroxylation is 2. The monoisotopic (exact) mass is 531 g/mol. The molecule has 2 aliphatic rings. The van der Waals surface area contributed by atoms with Gasteiger partial charge < -0.3 is 19.4 Å². The largest absolute Gasteiger partial charge is 0.378 e. The van der Waals surface area contributed by atoms with E-state index in [1.165, 1.54) is 16.9 Å². The van der Waals surface area contributed by atoms with E-state index in [-0.39, 0.29) is 5.91 Å². The lowest BCUT2D eigenvalue weighted by Crippen LogP contribution is -2.37. The summed E-state index contributed by atoms with van der Waals surface area (Å²) < 4.78 is 8.30. The third kappa shape index (κ3) is 4.57. The van der Waals surface area contributed by atoms with Crippen LogP contribution in [-0.4, -0.2) is 95.0 Å². The Bertz CT molecular complexity index is 1490. The van der Waals surface area contributed by atoms with E-state index in [9.17, 15) is 4.79 Å². The molecule has 0 radical (unpaired) electrons. The second kappa shape index (κ2) is 10.1. The summed E-state index contributed by atoms with van der Waals surface area (Å²) in [6.07, 6.45) is 2.90. The van der Waals surface area contributed by atoms with Crippen molar-refractivity contribution in [2.24, 2.45) is 0 Å². The third-order valence-corrected chi connectivity index (χ3v) is 8.79. The van der Waals surface area contributed by atoms with Crippen molar-refractivity contribution in [2.75, 3.05) is 58.4 Å². The van der Waals surface area contributed by atoms with Gasteiger partial charge in [-0.05, 0) is 52.1 Å². The van der Waals surface area contributed by atoms with Gasteiger partial charge in [-0.2, -0.15) is 10.1 Å². The summed E-state index contributed by atoms with van der Waals surface area (Å²) in [5.41, 5.74) is 4.84. The fourth-order valence-corrected chi connectivity index (χ4v) is 6.47. The highest BCUT2D eigenvalue weighted by molar-refractivity contribution is 7.21. The lowest BCUT2D eigenvalue weighted by atomic mass is 10.1. The van der Waals surface area contributed by atoms with Crippen LogP contribution in [0, 0.1) is 13.8 Å². The topological polar surface area (TPSA) is 79.6 Å². The smallest absolute Gasteiger partial charge is 0.264 e. The lowest BCUT2D eigenvalue weighted by molar-refractivity contribution is 0.0787. The zero-order valence-corrected chi connectivity index (χ0v) is 23.2. The highest BCUT2D eigenvalue weighted by Gasteiger charge is 2.31. The molecule has 0 N–H and O–H groups in total. The zero-order valence-electron chi connectivity index (χ0n) is 22.3. The minimum atomic E-state index is 0.0881. The first-order valence-corrected chi connectivity index (χ1v) is 13.9. The first-order valence-electron chi connectivity index (χ1n) is 13.1. The van der Waals surface area contributed by atoms with Crippen molar-refractivity contribution in [3.05, 3.63) is 52.5 Å². The van der Waals surface area contributed by atoms with Crippen LogP contribution in [0.2, 0.25) is 0 Å². The quantitative estimate of drug-likeness (QED) is 0.388. The molecule has 0 unspecified atom stereocenters. The van der Waals surface area contributed by atoms with Crippen molar-refractivity contribution in [1.29, 1.82) is 0 Å². The van der Waals surface area contributed by atoms with E-state index in [4.69, 9.17) is 19.8 Å². The van der Waals surface area contributed by atoms with Crippen molar-refractivity contribution in [3.63, 3.8) is 0 Å². The Hall–Kier alpha value is -3.34. The normalized spacial score (nSPS) is 18.2. The van der Waals surface area contributed by atoms with Gasteiger partial charge in [0, 0.05) is 44.0 Å². The number of nitrogens with zero attached hydrogens (tertiary/aromatic N) is 7. The second-order valence-corrected chi connectivity index (χ2v) is 11.4. The van der Waals surface area contributed by atoms with Gasteiger partial charge in [0.2, 0.25) is 0 Å². The molecule has 6 rings (SSSR count). The number of fused-ring (bicyclic) bond motifs is 1. The number of hydrogen-bond donors (Lipinski definition) is 0. The molecule has 1 amide bonds. The van der Waals surface area contributed by atoms with Crippen LogP contribution in [0.1, 0.15) is 27.2 Å². The molecule has 10 heteroatoms. The lowest BCUT2D eigenvalue weighted by Gasteiger charge is -2.28. The average Bonchev–Trinajstić information content (AvgIpc) is 3.68. The number of carbonyl (C=O) groups is 1. The summed E-state index contributed by atoms with van der Waals surface area (Å²) >= 11 is 1.51. The summed E-state index contributed by atoms with van der Waals surface area (Å²) in [5, 5.41) is 4.82. The van der Waals surface area contributed by atoms with Gasteiger partial charge in [0.15, 0.2) is 5.82 Å². The SMILES string of the molecule is Cc1cccc(-c2ccn(-c3nc(N4CCOCC4)c4sc(C(=O)N5CC[C@@H](N(C)C)C5)c(C)c4n3)n2)c1. The van der Waals surface area contributed by atoms with Crippen LogP contribution in [0.5, 0.6) is 0 Å². The van der Waals surface area contributed by atoms with Crippen LogP contribution in [-0.2, 0) is 4.74 Å². The van der Waals surface area contributed by atoms with E-state index in [2.05, 4.69) is 49.0 Å².